The lowest BCUT2D eigenvalue weighted by atomic mass is 9.99. The highest BCUT2D eigenvalue weighted by Gasteiger charge is 2.38. The van der Waals surface area contributed by atoms with Crippen LogP contribution in [0.3, 0.4) is 0 Å². The van der Waals surface area contributed by atoms with Crippen molar-refractivity contribution in [2.24, 2.45) is 5.92 Å². The van der Waals surface area contributed by atoms with Gasteiger partial charge >= 0.3 is 0 Å². The molecular weight excluding hydrogens is 231 g/mol. The molecule has 1 fully saturated rings. The summed E-state index contributed by atoms with van der Waals surface area (Å²) in [5.74, 6) is 1.45. The molecule has 2 nitrogen and oxygen atoms in total. The van der Waals surface area contributed by atoms with Gasteiger partial charge in [-0.2, -0.15) is 0 Å². The normalized spacial score (nSPS) is 16.5. The van der Waals surface area contributed by atoms with Crippen LogP contribution in [-0.2, 0) is 0 Å². The number of nitrogens with one attached hydrogen (secondary N) is 1. The Bertz CT molecular complexity index is 373. The molecule has 1 aliphatic rings. The monoisotopic (exact) mass is 244 g/mol. The Labute approximate surface area is 100.0 Å². The average Bonchev–Trinajstić information content (AvgIpc) is 2.92. The molecule has 1 saturated carbocycles. The summed E-state index contributed by atoms with van der Waals surface area (Å²) in [5.41, 5.74) is 0.0600. The summed E-state index contributed by atoms with van der Waals surface area (Å²) in [5, 5.41) is 4.52. The molecule has 0 spiro atoms. The Kier molecular flexibility index (Phi) is 2.82. The lowest BCUT2D eigenvalue weighted by Gasteiger charge is -2.27. The van der Waals surface area contributed by atoms with E-state index in [0.717, 1.165) is 11.7 Å². The number of aromatic nitrogens is 1. The van der Waals surface area contributed by atoms with Crippen molar-refractivity contribution in [2.45, 2.75) is 32.2 Å². The van der Waals surface area contributed by atoms with E-state index in [9.17, 15) is 0 Å². The molecule has 1 aromatic heterocycles. The van der Waals surface area contributed by atoms with Gasteiger partial charge in [-0.05, 0) is 38.7 Å². The molecule has 0 unspecified atom stereocenters. The third-order valence-corrected chi connectivity index (χ3v) is 3.34. The molecule has 0 saturated heterocycles. The fraction of sp³-hybridized carbons (Fsp3) is 0.545. The second-order valence-corrected chi connectivity index (χ2v) is 5.45. The van der Waals surface area contributed by atoms with E-state index in [1.165, 1.54) is 12.8 Å². The molecule has 1 N–H and O–H groups in total. The van der Waals surface area contributed by atoms with E-state index in [-0.39, 0.29) is 5.54 Å². The van der Waals surface area contributed by atoms with Crippen LogP contribution < -0.4 is 5.32 Å². The van der Waals surface area contributed by atoms with Gasteiger partial charge in [-0.15, -0.1) is 0 Å². The molecule has 0 amide bonds. The SMILES string of the molecule is CC(C)(Nc1ncc(Cl)cc1Cl)C1CC1. The predicted octanol–water partition coefficient (Wildman–Crippen LogP) is 3.99. The van der Waals surface area contributed by atoms with Crippen LogP contribution in [0.2, 0.25) is 10.0 Å². The largest absolute Gasteiger partial charge is 0.364 e. The predicted molar refractivity (Wildman–Crippen MR) is 64.7 cm³/mol. The molecule has 0 radical (unpaired) electrons. The maximum absolute atomic E-state index is 6.05. The minimum atomic E-state index is 0.0600. The number of rotatable bonds is 3. The highest BCUT2D eigenvalue weighted by Crippen LogP contribution is 2.41. The van der Waals surface area contributed by atoms with Crippen LogP contribution in [0.1, 0.15) is 26.7 Å². The van der Waals surface area contributed by atoms with Crippen LogP contribution in [0, 0.1) is 5.92 Å². The van der Waals surface area contributed by atoms with Crippen molar-refractivity contribution < 1.29 is 0 Å². The van der Waals surface area contributed by atoms with Gasteiger partial charge in [0.25, 0.3) is 0 Å². The standard InChI is InChI=1S/C11H14Cl2N2/c1-11(2,7-3-4-7)15-10-9(13)5-8(12)6-14-10/h5-7H,3-4H2,1-2H3,(H,14,15). The maximum Gasteiger partial charge on any atom is 0.145 e. The van der Waals surface area contributed by atoms with E-state index >= 15 is 0 Å². The van der Waals surface area contributed by atoms with Gasteiger partial charge in [0.05, 0.1) is 10.0 Å². The van der Waals surface area contributed by atoms with Crippen LogP contribution >= 0.6 is 23.2 Å². The van der Waals surface area contributed by atoms with Crippen LogP contribution in [0.25, 0.3) is 0 Å². The lowest BCUT2D eigenvalue weighted by Crippen LogP contribution is -2.33. The molecule has 1 aliphatic carbocycles. The molecule has 0 aliphatic heterocycles. The first kappa shape index (κ1) is 11.0. The zero-order chi connectivity index (χ0) is 11.1. The second-order valence-electron chi connectivity index (χ2n) is 4.60. The van der Waals surface area contributed by atoms with Gasteiger partial charge in [-0.3, -0.25) is 0 Å². The number of hydrogen-bond acceptors (Lipinski definition) is 2. The van der Waals surface area contributed by atoms with Gasteiger partial charge in [0.15, 0.2) is 0 Å². The van der Waals surface area contributed by atoms with Crippen LogP contribution in [0.4, 0.5) is 5.82 Å². The molecule has 15 heavy (non-hydrogen) atoms. The molecule has 1 aromatic rings. The minimum Gasteiger partial charge on any atom is -0.364 e. The van der Waals surface area contributed by atoms with Gasteiger partial charge in [0, 0.05) is 11.7 Å². The summed E-state index contributed by atoms with van der Waals surface area (Å²) >= 11 is 11.8. The molecule has 0 bridgehead atoms. The highest BCUT2D eigenvalue weighted by atomic mass is 35.5. The first-order valence-electron chi connectivity index (χ1n) is 5.08. The molecule has 0 aromatic carbocycles. The molecular formula is C11H14Cl2N2. The number of pyridine rings is 1. The molecule has 1 heterocycles. The van der Waals surface area contributed by atoms with Gasteiger partial charge in [0.1, 0.15) is 5.82 Å². The summed E-state index contributed by atoms with van der Waals surface area (Å²) in [6.45, 7) is 4.36. The maximum atomic E-state index is 6.05. The van der Waals surface area contributed by atoms with Crippen LogP contribution in [-0.4, -0.2) is 10.5 Å². The fourth-order valence-corrected chi connectivity index (χ4v) is 2.15. The third-order valence-electron chi connectivity index (χ3n) is 2.85. The second kappa shape index (κ2) is 3.84. The van der Waals surface area contributed by atoms with Crippen molar-refractivity contribution in [1.82, 2.24) is 4.98 Å². The zero-order valence-electron chi connectivity index (χ0n) is 8.85. The lowest BCUT2D eigenvalue weighted by molar-refractivity contribution is 0.492. The Morgan fingerprint density at radius 1 is 1.40 bits per heavy atom. The van der Waals surface area contributed by atoms with E-state index in [2.05, 4.69) is 24.1 Å². The summed E-state index contributed by atoms with van der Waals surface area (Å²) in [7, 11) is 0. The number of anilines is 1. The summed E-state index contributed by atoms with van der Waals surface area (Å²) in [4.78, 5) is 4.20. The molecule has 0 atom stereocenters. The van der Waals surface area contributed by atoms with Crippen molar-refractivity contribution in [3.8, 4) is 0 Å². The van der Waals surface area contributed by atoms with E-state index < -0.39 is 0 Å². The van der Waals surface area contributed by atoms with Crippen molar-refractivity contribution in [1.29, 1.82) is 0 Å². The zero-order valence-corrected chi connectivity index (χ0v) is 10.4. The van der Waals surface area contributed by atoms with Crippen LogP contribution in [0.5, 0.6) is 0 Å². The van der Waals surface area contributed by atoms with E-state index in [1.807, 2.05) is 0 Å². The van der Waals surface area contributed by atoms with Crippen LogP contribution in [0.15, 0.2) is 12.3 Å². The average molecular weight is 245 g/mol. The van der Waals surface area contributed by atoms with Gasteiger partial charge in [-0.1, -0.05) is 23.2 Å². The minimum absolute atomic E-state index is 0.0600. The Hall–Kier alpha value is -0.470. The topological polar surface area (TPSA) is 24.9 Å². The van der Waals surface area contributed by atoms with Gasteiger partial charge in [-0.25, -0.2) is 4.98 Å². The molecule has 82 valence electrons. The quantitative estimate of drug-likeness (QED) is 0.870. The van der Waals surface area contributed by atoms with Gasteiger partial charge < -0.3 is 5.32 Å². The third kappa shape index (κ3) is 2.56. The molecule has 2 rings (SSSR count). The first-order valence-corrected chi connectivity index (χ1v) is 5.84. The summed E-state index contributed by atoms with van der Waals surface area (Å²) in [6, 6.07) is 1.71. The smallest absolute Gasteiger partial charge is 0.145 e. The Balaban J connectivity index is 2.16. The van der Waals surface area contributed by atoms with E-state index in [4.69, 9.17) is 23.2 Å². The Morgan fingerprint density at radius 3 is 2.60 bits per heavy atom. The fourth-order valence-electron chi connectivity index (χ4n) is 1.72. The van der Waals surface area contributed by atoms with Crippen molar-refractivity contribution in [2.75, 3.05) is 5.32 Å². The molecule has 4 heteroatoms. The van der Waals surface area contributed by atoms with Crippen molar-refractivity contribution in [3.63, 3.8) is 0 Å². The summed E-state index contributed by atoms with van der Waals surface area (Å²) in [6.07, 6.45) is 4.18. The first-order chi connectivity index (χ1) is 6.99. The highest BCUT2D eigenvalue weighted by molar-refractivity contribution is 6.35. The number of hydrogen-bond donors (Lipinski definition) is 1. The summed E-state index contributed by atoms with van der Waals surface area (Å²) < 4.78 is 0. The Morgan fingerprint density at radius 2 is 2.07 bits per heavy atom. The number of halogens is 2. The van der Waals surface area contributed by atoms with Crippen molar-refractivity contribution in [3.05, 3.63) is 22.3 Å². The van der Waals surface area contributed by atoms with Gasteiger partial charge in [0.2, 0.25) is 0 Å². The van der Waals surface area contributed by atoms with E-state index in [1.54, 1.807) is 12.3 Å². The van der Waals surface area contributed by atoms with E-state index in [0.29, 0.717) is 10.0 Å². The van der Waals surface area contributed by atoms with Crippen molar-refractivity contribution >= 4 is 29.0 Å². The number of nitrogens with zero attached hydrogens (tertiary/aromatic N) is 1.